The summed E-state index contributed by atoms with van der Waals surface area (Å²) in [5.74, 6) is -1.08. The van der Waals surface area contributed by atoms with Crippen LogP contribution in [0.5, 0.6) is 0 Å². The maximum atomic E-state index is 12.8. The summed E-state index contributed by atoms with van der Waals surface area (Å²) in [7, 11) is 0. The van der Waals surface area contributed by atoms with Crippen molar-refractivity contribution < 1.29 is 14.4 Å². The molecule has 1 aliphatic heterocycles. The predicted octanol–water partition coefficient (Wildman–Crippen LogP) is 5.57. The van der Waals surface area contributed by atoms with Gasteiger partial charge >= 0.3 is 5.97 Å². The molecule has 0 saturated carbocycles. The smallest absolute Gasteiger partial charge is 0.319 e. The van der Waals surface area contributed by atoms with Crippen molar-refractivity contribution in [2.75, 3.05) is 6.61 Å². The summed E-state index contributed by atoms with van der Waals surface area (Å²) in [5, 5.41) is 5.41. The molecule has 142 valence electrons. The summed E-state index contributed by atoms with van der Waals surface area (Å²) < 4.78 is 5.33. The normalized spacial score (nSPS) is 18.8. The molecule has 6 heteroatoms. The van der Waals surface area contributed by atoms with E-state index in [4.69, 9.17) is 32.8 Å². The molecule has 2 aromatic rings. The molecular weight excluding hydrogens is 385 g/mol. The first-order chi connectivity index (χ1) is 12.9. The van der Waals surface area contributed by atoms with Crippen LogP contribution in [-0.2, 0) is 14.4 Å². The van der Waals surface area contributed by atoms with Gasteiger partial charge in [0.2, 0.25) is 0 Å². The predicted molar refractivity (Wildman–Crippen MR) is 108 cm³/mol. The molecule has 27 heavy (non-hydrogen) atoms. The van der Waals surface area contributed by atoms with Crippen LogP contribution in [0.2, 0.25) is 10.0 Å². The first kappa shape index (κ1) is 19.7. The Morgan fingerprint density at radius 2 is 1.67 bits per heavy atom. The number of benzene rings is 2. The van der Waals surface area contributed by atoms with E-state index in [1.807, 2.05) is 51.1 Å². The first-order valence-corrected chi connectivity index (χ1v) is 9.54. The maximum Gasteiger partial charge on any atom is 0.319 e. The second kappa shape index (κ2) is 7.91. The Labute approximate surface area is 169 Å². The number of hydrogen-bond acceptors (Lipinski definition) is 4. The van der Waals surface area contributed by atoms with Crippen LogP contribution in [0.15, 0.2) is 35.5 Å². The zero-order chi connectivity index (χ0) is 19.7. The van der Waals surface area contributed by atoms with Crippen LogP contribution in [0.1, 0.15) is 40.8 Å². The van der Waals surface area contributed by atoms with Gasteiger partial charge in [-0.1, -0.05) is 58.7 Å². The van der Waals surface area contributed by atoms with E-state index in [9.17, 15) is 4.79 Å². The summed E-state index contributed by atoms with van der Waals surface area (Å²) in [5.41, 5.74) is 4.55. The molecule has 0 bridgehead atoms. The van der Waals surface area contributed by atoms with E-state index in [0.29, 0.717) is 15.8 Å². The third-order valence-electron chi connectivity index (χ3n) is 4.85. The number of carbonyl (C=O) groups is 1. The average molecular weight is 406 g/mol. The fourth-order valence-corrected chi connectivity index (χ4v) is 3.91. The van der Waals surface area contributed by atoms with Gasteiger partial charge in [-0.15, -0.1) is 0 Å². The quantitative estimate of drug-likeness (QED) is 0.624. The van der Waals surface area contributed by atoms with Crippen LogP contribution in [0.4, 0.5) is 0 Å². The van der Waals surface area contributed by atoms with Gasteiger partial charge in [-0.05, 0) is 49.9 Å². The van der Waals surface area contributed by atoms with Crippen molar-refractivity contribution in [3.8, 4) is 0 Å². The fourth-order valence-electron chi connectivity index (χ4n) is 3.48. The lowest BCUT2D eigenvalue weighted by Gasteiger charge is -2.21. The van der Waals surface area contributed by atoms with Gasteiger partial charge in [-0.25, -0.2) is 0 Å². The Kier molecular flexibility index (Phi) is 5.78. The van der Waals surface area contributed by atoms with Crippen LogP contribution in [-0.4, -0.2) is 18.3 Å². The number of halogens is 2. The third-order valence-corrected chi connectivity index (χ3v) is 5.99. The minimum absolute atomic E-state index is 0.275. The van der Waals surface area contributed by atoms with Crippen LogP contribution >= 0.6 is 23.2 Å². The van der Waals surface area contributed by atoms with Gasteiger partial charge in [0.1, 0.15) is 11.6 Å². The standard InChI is InChI=1S/C21H21Cl2NO3/c1-5-26-21(25)16-19(24-27-20(16)14-9-7-6-8-10-14)15-11(2)17(22)13(4)18(23)12(15)3/h6-10,16,20H,5H2,1-4H3/t16-,20+/m1/s1. The molecule has 0 saturated heterocycles. The van der Waals surface area contributed by atoms with Crippen molar-refractivity contribution in [1.29, 1.82) is 0 Å². The Bertz CT molecular complexity index is 880. The van der Waals surface area contributed by atoms with E-state index in [1.54, 1.807) is 6.92 Å². The second-order valence-electron chi connectivity index (χ2n) is 6.52. The molecule has 0 unspecified atom stereocenters. The highest BCUT2D eigenvalue weighted by Crippen LogP contribution is 2.41. The van der Waals surface area contributed by atoms with E-state index < -0.39 is 12.0 Å². The number of nitrogens with zero attached hydrogens (tertiary/aromatic N) is 1. The zero-order valence-corrected chi connectivity index (χ0v) is 17.2. The van der Waals surface area contributed by atoms with Gasteiger partial charge in [0.25, 0.3) is 0 Å². The van der Waals surface area contributed by atoms with Crippen molar-refractivity contribution in [2.45, 2.75) is 33.8 Å². The average Bonchev–Trinajstić information content (AvgIpc) is 3.10. The highest BCUT2D eigenvalue weighted by Gasteiger charge is 2.44. The van der Waals surface area contributed by atoms with Crippen molar-refractivity contribution >= 4 is 34.9 Å². The lowest BCUT2D eigenvalue weighted by Crippen LogP contribution is -2.30. The van der Waals surface area contributed by atoms with Crippen LogP contribution in [0.25, 0.3) is 0 Å². The second-order valence-corrected chi connectivity index (χ2v) is 7.28. The number of rotatable bonds is 4. The van der Waals surface area contributed by atoms with Crippen LogP contribution in [0.3, 0.4) is 0 Å². The molecule has 2 atom stereocenters. The highest BCUT2D eigenvalue weighted by molar-refractivity contribution is 6.38. The molecule has 3 rings (SSSR count). The molecule has 0 amide bonds. The molecule has 0 aliphatic carbocycles. The van der Waals surface area contributed by atoms with Crippen molar-refractivity contribution in [3.63, 3.8) is 0 Å². The summed E-state index contributed by atoms with van der Waals surface area (Å²) in [6, 6.07) is 9.52. The van der Waals surface area contributed by atoms with Gasteiger partial charge in [0.05, 0.1) is 6.61 Å². The van der Waals surface area contributed by atoms with E-state index in [0.717, 1.165) is 27.8 Å². The van der Waals surface area contributed by atoms with E-state index in [-0.39, 0.29) is 12.6 Å². The SMILES string of the molecule is CCOC(=O)[C@@H]1C(c2c(C)c(Cl)c(C)c(Cl)c2C)=NO[C@H]1c1ccccc1. The molecular formula is C21H21Cl2NO3. The molecule has 2 aromatic carbocycles. The number of carbonyl (C=O) groups excluding carboxylic acids is 1. The van der Waals surface area contributed by atoms with E-state index >= 15 is 0 Å². The van der Waals surface area contributed by atoms with Gasteiger partial charge in [-0.3, -0.25) is 4.79 Å². The Balaban J connectivity index is 2.14. The fraction of sp³-hybridized carbons (Fsp3) is 0.333. The molecule has 1 heterocycles. The van der Waals surface area contributed by atoms with Crippen LogP contribution in [0, 0.1) is 26.7 Å². The molecule has 0 N–H and O–H groups in total. The monoisotopic (exact) mass is 405 g/mol. The Hall–Kier alpha value is -2.04. The van der Waals surface area contributed by atoms with Gasteiger partial charge < -0.3 is 9.57 Å². The Morgan fingerprint density at radius 3 is 2.22 bits per heavy atom. The molecule has 4 nitrogen and oxygen atoms in total. The summed E-state index contributed by atoms with van der Waals surface area (Å²) in [4.78, 5) is 18.5. The molecule has 1 aliphatic rings. The number of oxime groups is 1. The summed E-state index contributed by atoms with van der Waals surface area (Å²) >= 11 is 13.0. The van der Waals surface area contributed by atoms with Gasteiger partial charge in [-0.2, -0.15) is 0 Å². The minimum atomic E-state index is -0.695. The first-order valence-electron chi connectivity index (χ1n) is 8.78. The summed E-state index contributed by atoms with van der Waals surface area (Å²) in [6.07, 6.45) is -0.557. The summed E-state index contributed by atoms with van der Waals surface area (Å²) in [6.45, 7) is 7.72. The van der Waals surface area contributed by atoms with E-state index in [2.05, 4.69) is 5.16 Å². The van der Waals surface area contributed by atoms with Crippen molar-refractivity contribution in [2.24, 2.45) is 11.1 Å². The van der Waals surface area contributed by atoms with Crippen molar-refractivity contribution in [1.82, 2.24) is 0 Å². The minimum Gasteiger partial charge on any atom is -0.465 e. The topological polar surface area (TPSA) is 47.9 Å². The largest absolute Gasteiger partial charge is 0.465 e. The Morgan fingerprint density at radius 1 is 1.07 bits per heavy atom. The molecule has 0 aromatic heterocycles. The number of ether oxygens (including phenoxy) is 1. The molecule has 0 radical (unpaired) electrons. The highest BCUT2D eigenvalue weighted by atomic mass is 35.5. The lowest BCUT2D eigenvalue weighted by atomic mass is 9.84. The molecule has 0 fully saturated rings. The number of esters is 1. The van der Waals surface area contributed by atoms with E-state index in [1.165, 1.54) is 0 Å². The van der Waals surface area contributed by atoms with Gasteiger partial charge in [0, 0.05) is 15.6 Å². The lowest BCUT2D eigenvalue weighted by molar-refractivity contribution is -0.148. The van der Waals surface area contributed by atoms with Gasteiger partial charge in [0.15, 0.2) is 6.10 Å². The zero-order valence-electron chi connectivity index (χ0n) is 15.7. The third kappa shape index (κ3) is 3.44. The number of hydrogen-bond donors (Lipinski definition) is 0. The molecule has 0 spiro atoms. The van der Waals surface area contributed by atoms with Crippen molar-refractivity contribution in [3.05, 3.63) is 68.2 Å². The maximum absolute atomic E-state index is 12.8. The van der Waals surface area contributed by atoms with Crippen LogP contribution < -0.4 is 0 Å².